The van der Waals surface area contributed by atoms with Gasteiger partial charge in [0, 0.05) is 5.56 Å². The van der Waals surface area contributed by atoms with Gasteiger partial charge in [0.1, 0.15) is 5.75 Å². The van der Waals surface area contributed by atoms with Crippen molar-refractivity contribution in [1.82, 2.24) is 9.55 Å². The van der Waals surface area contributed by atoms with Gasteiger partial charge in [-0.2, -0.15) is 4.98 Å². The van der Waals surface area contributed by atoms with Crippen molar-refractivity contribution in [3.8, 4) is 17.3 Å². The molecule has 0 saturated carbocycles. The normalized spacial score (nSPS) is 16.9. The lowest BCUT2D eigenvalue weighted by Crippen LogP contribution is -2.18. The molecule has 1 aromatic heterocycles. The molecule has 0 bridgehead atoms. The fourth-order valence-electron chi connectivity index (χ4n) is 2.15. The predicted molar refractivity (Wildman–Crippen MR) is 63.8 cm³/mol. The molecule has 3 rings (SSSR count). The average molecular weight is 231 g/mol. The molecule has 0 radical (unpaired) electrons. The molecule has 1 aliphatic rings. The van der Waals surface area contributed by atoms with Gasteiger partial charge >= 0.3 is 0 Å². The average Bonchev–Trinajstić information content (AvgIpc) is 2.69. The van der Waals surface area contributed by atoms with E-state index < -0.39 is 0 Å². The highest BCUT2D eigenvalue weighted by Crippen LogP contribution is 2.35. The van der Waals surface area contributed by atoms with Gasteiger partial charge in [0.15, 0.2) is 0 Å². The van der Waals surface area contributed by atoms with Crippen molar-refractivity contribution in [2.24, 2.45) is 0 Å². The smallest absolute Gasteiger partial charge is 0.231 e. The number of methoxy groups -OCH3 is 1. The molecule has 0 aliphatic carbocycles. The van der Waals surface area contributed by atoms with Gasteiger partial charge < -0.3 is 15.2 Å². The topological polar surface area (TPSA) is 59.3 Å². The molecule has 88 valence electrons. The van der Waals surface area contributed by atoms with E-state index in [2.05, 4.69) is 10.3 Å². The van der Waals surface area contributed by atoms with Crippen LogP contribution in [0.4, 0.5) is 5.95 Å². The summed E-state index contributed by atoms with van der Waals surface area (Å²) in [5, 5.41) is 12.7. The summed E-state index contributed by atoms with van der Waals surface area (Å²) in [5.74, 6) is 1.50. The first-order chi connectivity index (χ1) is 8.19. The lowest BCUT2D eigenvalue weighted by molar-refractivity contribution is 0.414. The van der Waals surface area contributed by atoms with Crippen molar-refractivity contribution in [2.45, 2.75) is 13.0 Å². The van der Waals surface area contributed by atoms with Crippen molar-refractivity contribution >= 4 is 5.95 Å². The summed E-state index contributed by atoms with van der Waals surface area (Å²) in [6.07, 6.45) is 1.60. The van der Waals surface area contributed by atoms with Gasteiger partial charge in [0.25, 0.3) is 0 Å². The molecule has 1 aliphatic heterocycles. The fourth-order valence-corrected chi connectivity index (χ4v) is 2.15. The molecule has 5 nitrogen and oxygen atoms in total. The molecule has 2 N–H and O–H groups in total. The van der Waals surface area contributed by atoms with Crippen LogP contribution in [0.15, 0.2) is 24.4 Å². The van der Waals surface area contributed by atoms with Crippen LogP contribution in [0.25, 0.3) is 5.69 Å². The van der Waals surface area contributed by atoms with Gasteiger partial charge in [-0.05, 0) is 25.1 Å². The minimum Gasteiger partial charge on any atom is -0.497 e. The number of nitrogens with zero attached hydrogens (tertiary/aromatic N) is 2. The Morgan fingerprint density at radius 3 is 3.06 bits per heavy atom. The number of fused-ring (bicyclic) bond motifs is 3. The second kappa shape index (κ2) is 3.41. The highest BCUT2D eigenvalue weighted by molar-refractivity contribution is 5.57. The maximum Gasteiger partial charge on any atom is 0.231 e. The van der Waals surface area contributed by atoms with E-state index in [-0.39, 0.29) is 11.9 Å². The summed E-state index contributed by atoms with van der Waals surface area (Å²) in [6, 6.07) is 6.00. The molecule has 0 amide bonds. The summed E-state index contributed by atoms with van der Waals surface area (Å²) in [6.45, 7) is 2.05. The van der Waals surface area contributed by atoms with E-state index in [4.69, 9.17) is 4.74 Å². The van der Waals surface area contributed by atoms with Crippen molar-refractivity contribution < 1.29 is 9.84 Å². The Bertz CT molecular complexity index is 577. The van der Waals surface area contributed by atoms with Crippen molar-refractivity contribution in [2.75, 3.05) is 12.4 Å². The number of ether oxygens (including phenoxy) is 1. The van der Waals surface area contributed by atoms with Gasteiger partial charge in [-0.3, -0.25) is 4.57 Å². The van der Waals surface area contributed by atoms with E-state index in [1.54, 1.807) is 13.3 Å². The predicted octanol–water partition coefficient (Wildman–Crippen LogP) is 2.07. The second-order valence-corrected chi connectivity index (χ2v) is 4.08. The molecule has 1 unspecified atom stereocenters. The van der Waals surface area contributed by atoms with E-state index in [0.29, 0.717) is 5.95 Å². The zero-order valence-electron chi connectivity index (χ0n) is 9.64. The van der Waals surface area contributed by atoms with E-state index in [0.717, 1.165) is 17.0 Å². The lowest BCUT2D eigenvalue weighted by atomic mass is 10.0. The molecule has 1 aromatic carbocycles. The molecule has 0 saturated heterocycles. The quantitative estimate of drug-likeness (QED) is 0.788. The third-order valence-corrected chi connectivity index (χ3v) is 3.00. The Morgan fingerprint density at radius 1 is 1.47 bits per heavy atom. The molecule has 17 heavy (non-hydrogen) atoms. The second-order valence-electron chi connectivity index (χ2n) is 4.08. The third kappa shape index (κ3) is 1.43. The van der Waals surface area contributed by atoms with Gasteiger partial charge in [-0.15, -0.1) is 0 Å². The van der Waals surface area contributed by atoms with E-state index in [1.807, 2.05) is 29.7 Å². The third-order valence-electron chi connectivity index (χ3n) is 3.00. The summed E-state index contributed by atoms with van der Waals surface area (Å²) in [7, 11) is 1.65. The summed E-state index contributed by atoms with van der Waals surface area (Å²) in [5.41, 5.74) is 2.13. The zero-order chi connectivity index (χ0) is 12.0. The van der Waals surface area contributed by atoms with Crippen molar-refractivity contribution in [1.29, 1.82) is 0 Å². The Morgan fingerprint density at radius 2 is 2.29 bits per heavy atom. The minimum atomic E-state index is 0.0170. The molecule has 1 atom stereocenters. The van der Waals surface area contributed by atoms with E-state index in [1.165, 1.54) is 0 Å². The number of anilines is 1. The SMILES string of the molecule is COc1ccc2c(c1)C(C)Nc1nc(O)cn1-2. The van der Waals surface area contributed by atoms with Crippen molar-refractivity contribution in [3.05, 3.63) is 30.0 Å². The zero-order valence-corrected chi connectivity index (χ0v) is 9.64. The first-order valence-corrected chi connectivity index (χ1v) is 5.42. The highest BCUT2D eigenvalue weighted by atomic mass is 16.5. The van der Waals surface area contributed by atoms with E-state index >= 15 is 0 Å². The number of aromatic hydroxyl groups is 1. The van der Waals surface area contributed by atoms with Crippen LogP contribution in [-0.4, -0.2) is 21.8 Å². The largest absolute Gasteiger partial charge is 0.497 e. The van der Waals surface area contributed by atoms with Crippen LogP contribution in [-0.2, 0) is 0 Å². The highest BCUT2D eigenvalue weighted by Gasteiger charge is 2.23. The van der Waals surface area contributed by atoms with Crippen LogP contribution in [0.1, 0.15) is 18.5 Å². The molecular weight excluding hydrogens is 218 g/mol. The first kappa shape index (κ1) is 10.0. The Kier molecular flexibility index (Phi) is 2.01. The van der Waals surface area contributed by atoms with Gasteiger partial charge in [-0.1, -0.05) is 0 Å². The monoisotopic (exact) mass is 231 g/mol. The molecule has 2 heterocycles. The summed E-state index contributed by atoms with van der Waals surface area (Å²) < 4.78 is 7.06. The Labute approximate surface area is 98.7 Å². The molecule has 0 spiro atoms. The number of benzene rings is 1. The maximum atomic E-state index is 9.44. The number of hydrogen-bond donors (Lipinski definition) is 2. The number of rotatable bonds is 1. The van der Waals surface area contributed by atoms with Gasteiger partial charge in [0.2, 0.25) is 11.8 Å². The molecule has 2 aromatic rings. The first-order valence-electron chi connectivity index (χ1n) is 5.42. The number of nitrogens with one attached hydrogen (secondary N) is 1. The van der Waals surface area contributed by atoms with Crippen LogP contribution >= 0.6 is 0 Å². The van der Waals surface area contributed by atoms with Crippen LogP contribution in [0.2, 0.25) is 0 Å². The minimum absolute atomic E-state index is 0.0170. The van der Waals surface area contributed by atoms with E-state index in [9.17, 15) is 5.11 Å². The Balaban J connectivity index is 2.21. The fraction of sp³-hybridized carbons (Fsp3) is 0.250. The number of aromatic nitrogens is 2. The summed E-state index contributed by atoms with van der Waals surface area (Å²) >= 11 is 0. The number of hydrogen-bond acceptors (Lipinski definition) is 4. The number of imidazole rings is 1. The van der Waals surface area contributed by atoms with Crippen LogP contribution < -0.4 is 10.1 Å². The standard InChI is InChI=1S/C12H13N3O2/c1-7-9-5-8(17-2)3-4-10(9)15-6-11(16)14-12(15)13-7/h3-7,16H,1-2H3,(H,13,14). The lowest BCUT2D eigenvalue weighted by Gasteiger charge is -2.25. The van der Waals surface area contributed by atoms with Gasteiger partial charge in [0.05, 0.1) is 25.0 Å². The van der Waals surface area contributed by atoms with Crippen LogP contribution in [0.3, 0.4) is 0 Å². The maximum absolute atomic E-state index is 9.44. The molecule has 5 heteroatoms. The van der Waals surface area contributed by atoms with Crippen LogP contribution in [0, 0.1) is 0 Å². The summed E-state index contributed by atoms with van der Waals surface area (Å²) in [4.78, 5) is 4.02. The van der Waals surface area contributed by atoms with Gasteiger partial charge in [-0.25, -0.2) is 0 Å². The molecule has 0 fully saturated rings. The van der Waals surface area contributed by atoms with Crippen molar-refractivity contribution in [3.63, 3.8) is 0 Å². The van der Waals surface area contributed by atoms with Crippen LogP contribution in [0.5, 0.6) is 11.6 Å². The Hall–Kier alpha value is -2.17. The molecular formula is C12H13N3O2.